The van der Waals surface area contributed by atoms with Crippen molar-refractivity contribution in [2.24, 2.45) is 0 Å². The first-order valence-corrected chi connectivity index (χ1v) is 11.1. The summed E-state index contributed by atoms with van der Waals surface area (Å²) in [5, 5.41) is 12.5. The maximum atomic E-state index is 13.3. The molecule has 1 amide bonds. The van der Waals surface area contributed by atoms with Crippen LogP contribution in [0, 0.1) is 0 Å². The highest BCUT2D eigenvalue weighted by molar-refractivity contribution is 6.02. The highest BCUT2D eigenvalue weighted by Gasteiger charge is 2.51. The molecule has 5 nitrogen and oxygen atoms in total. The molecule has 0 atom stereocenters. The molecule has 0 saturated heterocycles. The van der Waals surface area contributed by atoms with Gasteiger partial charge in [-0.2, -0.15) is 0 Å². The molecule has 0 spiro atoms. The fourth-order valence-corrected chi connectivity index (χ4v) is 4.39. The highest BCUT2D eigenvalue weighted by Crippen LogP contribution is 2.51. The minimum absolute atomic E-state index is 0.00948. The normalized spacial score (nSPS) is 15.6. The first kappa shape index (κ1) is 20.6. The summed E-state index contributed by atoms with van der Waals surface area (Å²) in [7, 11) is 0. The maximum absolute atomic E-state index is 13.3. The van der Waals surface area contributed by atoms with Crippen LogP contribution in [0.4, 0.5) is 5.69 Å². The monoisotopic (exact) mass is 429 g/mol. The van der Waals surface area contributed by atoms with Crippen LogP contribution < -0.4 is 14.8 Å². The van der Waals surface area contributed by atoms with Crippen molar-refractivity contribution in [3.8, 4) is 22.6 Å². The third kappa shape index (κ3) is 3.63. The van der Waals surface area contributed by atoms with Crippen LogP contribution in [0.1, 0.15) is 49.3 Å². The summed E-state index contributed by atoms with van der Waals surface area (Å²) >= 11 is 0. The van der Waals surface area contributed by atoms with Crippen molar-refractivity contribution in [3.63, 3.8) is 0 Å². The number of benzene rings is 3. The molecule has 0 bridgehead atoms. The lowest BCUT2D eigenvalue weighted by Crippen LogP contribution is -2.27. The molecule has 1 heterocycles. The van der Waals surface area contributed by atoms with Crippen molar-refractivity contribution in [3.05, 3.63) is 77.4 Å². The number of carbonyl (C=O) groups is 1. The number of carbonyl (C=O) groups excluding carboxylic acids is 1. The van der Waals surface area contributed by atoms with Crippen LogP contribution in [0.3, 0.4) is 0 Å². The standard InChI is InChI=1S/C27H27NO4/c1-17(2)22-9-8-21(14-23(22)19-5-3-18(15-29)4-6-19)28-26(30)27(11-12-27)20-7-10-24-25(13-20)32-16-31-24/h3-10,13-14,17,29H,11-12,15-16H2,1-2H3,(H,28,30). The predicted molar refractivity (Wildman–Crippen MR) is 124 cm³/mol. The van der Waals surface area contributed by atoms with Crippen LogP contribution in [0.25, 0.3) is 11.1 Å². The molecule has 0 unspecified atom stereocenters. The first-order chi connectivity index (χ1) is 15.5. The topological polar surface area (TPSA) is 67.8 Å². The van der Waals surface area contributed by atoms with E-state index >= 15 is 0 Å². The Morgan fingerprint density at radius 2 is 1.75 bits per heavy atom. The highest BCUT2D eigenvalue weighted by atomic mass is 16.7. The Bertz CT molecular complexity index is 1160. The lowest BCUT2D eigenvalue weighted by atomic mass is 9.91. The van der Waals surface area contributed by atoms with Gasteiger partial charge in [-0.25, -0.2) is 0 Å². The molecule has 5 heteroatoms. The van der Waals surface area contributed by atoms with E-state index in [9.17, 15) is 9.90 Å². The smallest absolute Gasteiger partial charge is 0.235 e. The van der Waals surface area contributed by atoms with Crippen LogP contribution in [0.5, 0.6) is 11.5 Å². The SMILES string of the molecule is CC(C)c1ccc(NC(=O)C2(c3ccc4c(c3)OCO4)CC2)cc1-c1ccc(CO)cc1. The van der Waals surface area contributed by atoms with Crippen LogP contribution in [-0.2, 0) is 16.8 Å². The number of aliphatic hydroxyl groups is 1. The molecule has 164 valence electrons. The van der Waals surface area contributed by atoms with Crippen LogP contribution in [-0.4, -0.2) is 17.8 Å². The number of amides is 1. The molecule has 1 aliphatic heterocycles. The minimum Gasteiger partial charge on any atom is -0.454 e. The molecular formula is C27H27NO4. The number of hydrogen-bond acceptors (Lipinski definition) is 4. The largest absolute Gasteiger partial charge is 0.454 e. The number of nitrogens with one attached hydrogen (secondary N) is 1. The van der Waals surface area contributed by atoms with Gasteiger partial charge in [0.15, 0.2) is 11.5 Å². The Kier molecular flexibility index (Phi) is 5.14. The fourth-order valence-electron chi connectivity index (χ4n) is 4.39. The summed E-state index contributed by atoms with van der Waals surface area (Å²) in [5.41, 5.74) is 5.50. The van der Waals surface area contributed by atoms with E-state index in [2.05, 4.69) is 31.3 Å². The van der Waals surface area contributed by atoms with Gasteiger partial charge in [-0.15, -0.1) is 0 Å². The molecule has 1 saturated carbocycles. The lowest BCUT2D eigenvalue weighted by molar-refractivity contribution is -0.118. The Hall–Kier alpha value is -3.31. The van der Waals surface area contributed by atoms with E-state index in [1.54, 1.807) is 0 Å². The first-order valence-electron chi connectivity index (χ1n) is 11.1. The summed E-state index contributed by atoms with van der Waals surface area (Å²) in [5.74, 6) is 1.79. The van der Waals surface area contributed by atoms with Crippen molar-refractivity contribution < 1.29 is 19.4 Å². The quantitative estimate of drug-likeness (QED) is 0.553. The average molecular weight is 430 g/mol. The fraction of sp³-hybridized carbons (Fsp3) is 0.296. The molecule has 0 radical (unpaired) electrons. The Labute approximate surface area is 188 Å². The number of fused-ring (bicyclic) bond motifs is 1. The van der Waals surface area contributed by atoms with Crippen molar-refractivity contribution in [1.82, 2.24) is 0 Å². The van der Waals surface area contributed by atoms with Gasteiger partial charge in [0.2, 0.25) is 12.7 Å². The Morgan fingerprint density at radius 3 is 2.44 bits per heavy atom. The molecule has 2 aliphatic rings. The number of hydrogen-bond donors (Lipinski definition) is 2. The van der Waals surface area contributed by atoms with Crippen LogP contribution in [0.15, 0.2) is 60.7 Å². The molecule has 2 N–H and O–H groups in total. The second-order valence-corrected chi connectivity index (χ2v) is 8.92. The zero-order valence-corrected chi connectivity index (χ0v) is 18.4. The zero-order chi connectivity index (χ0) is 22.3. The van der Waals surface area contributed by atoms with E-state index in [1.807, 2.05) is 48.5 Å². The minimum atomic E-state index is -0.513. The molecule has 3 aromatic carbocycles. The molecule has 1 fully saturated rings. The van der Waals surface area contributed by atoms with Crippen molar-refractivity contribution >= 4 is 11.6 Å². The van der Waals surface area contributed by atoms with Crippen molar-refractivity contribution in [2.75, 3.05) is 12.1 Å². The van der Waals surface area contributed by atoms with Gasteiger partial charge in [-0.05, 0) is 70.8 Å². The van der Waals surface area contributed by atoms with Gasteiger partial charge >= 0.3 is 0 Å². The third-order valence-electron chi connectivity index (χ3n) is 6.49. The molecule has 32 heavy (non-hydrogen) atoms. The van der Waals surface area contributed by atoms with E-state index in [4.69, 9.17) is 9.47 Å². The second-order valence-electron chi connectivity index (χ2n) is 8.92. The van der Waals surface area contributed by atoms with Crippen molar-refractivity contribution in [1.29, 1.82) is 0 Å². The Balaban J connectivity index is 1.43. The summed E-state index contributed by atoms with van der Waals surface area (Å²) in [6, 6.07) is 19.8. The van der Waals surface area contributed by atoms with Gasteiger partial charge in [-0.1, -0.05) is 50.2 Å². The number of aliphatic hydroxyl groups excluding tert-OH is 1. The molecule has 5 rings (SSSR count). The summed E-state index contributed by atoms with van der Waals surface area (Å²) in [6.07, 6.45) is 1.63. The molecular weight excluding hydrogens is 402 g/mol. The maximum Gasteiger partial charge on any atom is 0.235 e. The van der Waals surface area contributed by atoms with Gasteiger partial charge in [0.1, 0.15) is 0 Å². The van der Waals surface area contributed by atoms with Crippen LogP contribution >= 0.6 is 0 Å². The van der Waals surface area contributed by atoms with E-state index < -0.39 is 5.41 Å². The number of anilines is 1. The van der Waals surface area contributed by atoms with E-state index in [1.165, 1.54) is 5.56 Å². The zero-order valence-electron chi connectivity index (χ0n) is 18.4. The van der Waals surface area contributed by atoms with Crippen molar-refractivity contribution in [2.45, 2.75) is 44.6 Å². The molecule has 0 aromatic heterocycles. The van der Waals surface area contributed by atoms with Gasteiger partial charge in [-0.3, -0.25) is 4.79 Å². The lowest BCUT2D eigenvalue weighted by Gasteiger charge is -2.19. The van der Waals surface area contributed by atoms with E-state index in [-0.39, 0.29) is 19.3 Å². The second kappa shape index (κ2) is 7.99. The van der Waals surface area contributed by atoms with Gasteiger partial charge in [0.25, 0.3) is 0 Å². The van der Waals surface area contributed by atoms with Gasteiger partial charge in [0, 0.05) is 5.69 Å². The predicted octanol–water partition coefficient (Wildman–Crippen LogP) is 5.37. The average Bonchev–Trinajstić information content (AvgIpc) is 3.50. The van der Waals surface area contributed by atoms with E-state index in [0.29, 0.717) is 11.7 Å². The van der Waals surface area contributed by atoms with Gasteiger partial charge in [0.05, 0.1) is 12.0 Å². The molecule has 1 aliphatic carbocycles. The third-order valence-corrected chi connectivity index (χ3v) is 6.49. The summed E-state index contributed by atoms with van der Waals surface area (Å²) < 4.78 is 10.9. The summed E-state index contributed by atoms with van der Waals surface area (Å²) in [4.78, 5) is 13.3. The van der Waals surface area contributed by atoms with Crippen LogP contribution in [0.2, 0.25) is 0 Å². The van der Waals surface area contributed by atoms with E-state index in [0.717, 1.165) is 46.5 Å². The Morgan fingerprint density at radius 1 is 1.00 bits per heavy atom. The molecule has 3 aromatic rings. The number of ether oxygens (including phenoxy) is 2. The van der Waals surface area contributed by atoms with Gasteiger partial charge < -0.3 is 19.9 Å². The summed E-state index contributed by atoms with van der Waals surface area (Å²) in [6.45, 7) is 4.58. The number of rotatable bonds is 6.